The largest absolute Gasteiger partial charge is 0.425 e. The van der Waals surface area contributed by atoms with E-state index < -0.39 is 0 Å². The first-order chi connectivity index (χ1) is 6.18. The summed E-state index contributed by atoms with van der Waals surface area (Å²) < 4.78 is 5.00. The second-order valence-electron chi connectivity index (χ2n) is 2.89. The fraction of sp³-hybridized carbons (Fsp3) is 0.333. The Morgan fingerprint density at radius 2 is 2.08 bits per heavy atom. The summed E-state index contributed by atoms with van der Waals surface area (Å²) in [4.78, 5) is 16.7. The minimum absolute atomic E-state index is 0.267. The van der Waals surface area contributed by atoms with E-state index in [4.69, 9.17) is 4.74 Å². The molecule has 70 valence electrons. The molecule has 0 fully saturated rings. The van der Waals surface area contributed by atoms with Gasteiger partial charge in [-0.25, -0.2) is 0 Å². The molecule has 4 heteroatoms. The standard InChI is InChI=1S/C9H12N2O2/c1-11(2)7-9(12)13-8-3-5-10-6-4-8/h3-6H,7H2,1-2H3. The lowest BCUT2D eigenvalue weighted by Crippen LogP contribution is -2.25. The highest BCUT2D eigenvalue weighted by molar-refractivity contribution is 5.74. The van der Waals surface area contributed by atoms with E-state index in [0.29, 0.717) is 5.75 Å². The molecule has 0 aliphatic rings. The van der Waals surface area contributed by atoms with Crippen LogP contribution in [0.4, 0.5) is 0 Å². The predicted octanol–water partition coefficient (Wildman–Crippen LogP) is 0.549. The van der Waals surface area contributed by atoms with Crippen molar-refractivity contribution in [3.05, 3.63) is 24.5 Å². The molecule has 1 aromatic heterocycles. The molecule has 0 amide bonds. The van der Waals surface area contributed by atoms with Gasteiger partial charge in [0.2, 0.25) is 0 Å². The molecule has 13 heavy (non-hydrogen) atoms. The Morgan fingerprint density at radius 1 is 1.46 bits per heavy atom. The van der Waals surface area contributed by atoms with Crippen molar-refractivity contribution in [1.82, 2.24) is 9.88 Å². The lowest BCUT2D eigenvalue weighted by Gasteiger charge is -2.08. The van der Waals surface area contributed by atoms with Gasteiger partial charge in [0.15, 0.2) is 0 Å². The van der Waals surface area contributed by atoms with Crippen LogP contribution >= 0.6 is 0 Å². The SMILES string of the molecule is CN(C)CC(=O)Oc1ccncc1. The number of ether oxygens (including phenoxy) is 1. The van der Waals surface area contributed by atoms with E-state index in [1.807, 2.05) is 14.1 Å². The maximum absolute atomic E-state index is 11.1. The number of hydrogen-bond acceptors (Lipinski definition) is 4. The van der Waals surface area contributed by atoms with Gasteiger partial charge in [-0.15, -0.1) is 0 Å². The number of rotatable bonds is 3. The number of aromatic nitrogens is 1. The van der Waals surface area contributed by atoms with Crippen LogP contribution in [-0.2, 0) is 4.79 Å². The number of pyridine rings is 1. The van der Waals surface area contributed by atoms with Crippen molar-refractivity contribution in [2.24, 2.45) is 0 Å². The van der Waals surface area contributed by atoms with Crippen LogP contribution in [0, 0.1) is 0 Å². The molecule has 0 aliphatic heterocycles. The van der Waals surface area contributed by atoms with Gasteiger partial charge in [-0.1, -0.05) is 0 Å². The first-order valence-corrected chi connectivity index (χ1v) is 3.94. The molecule has 0 aromatic carbocycles. The van der Waals surface area contributed by atoms with Crippen LogP contribution in [0.15, 0.2) is 24.5 Å². The van der Waals surface area contributed by atoms with E-state index in [0.717, 1.165) is 0 Å². The highest BCUT2D eigenvalue weighted by atomic mass is 16.5. The number of carbonyl (C=O) groups excluding carboxylic acids is 1. The minimum Gasteiger partial charge on any atom is -0.425 e. The Labute approximate surface area is 77.1 Å². The zero-order chi connectivity index (χ0) is 9.68. The molecular weight excluding hydrogens is 168 g/mol. The molecule has 0 radical (unpaired) electrons. The van der Waals surface area contributed by atoms with Gasteiger partial charge < -0.3 is 4.74 Å². The second-order valence-corrected chi connectivity index (χ2v) is 2.89. The van der Waals surface area contributed by atoms with E-state index in [9.17, 15) is 4.79 Å². The summed E-state index contributed by atoms with van der Waals surface area (Å²) in [5.74, 6) is 0.262. The number of carbonyl (C=O) groups is 1. The fourth-order valence-corrected chi connectivity index (χ4v) is 0.828. The van der Waals surface area contributed by atoms with Gasteiger partial charge in [0.1, 0.15) is 5.75 Å². The molecule has 1 rings (SSSR count). The van der Waals surface area contributed by atoms with Gasteiger partial charge >= 0.3 is 5.97 Å². The average Bonchev–Trinajstić information content (AvgIpc) is 2.04. The lowest BCUT2D eigenvalue weighted by atomic mass is 10.4. The van der Waals surface area contributed by atoms with Crippen molar-refractivity contribution in [3.8, 4) is 5.75 Å². The van der Waals surface area contributed by atoms with Crippen LogP contribution in [-0.4, -0.2) is 36.5 Å². The molecule has 0 unspecified atom stereocenters. The van der Waals surface area contributed by atoms with Crippen molar-refractivity contribution < 1.29 is 9.53 Å². The van der Waals surface area contributed by atoms with Crippen LogP contribution in [0.1, 0.15) is 0 Å². The molecular formula is C9H12N2O2. The van der Waals surface area contributed by atoms with E-state index in [1.54, 1.807) is 29.4 Å². The number of likely N-dealkylation sites (N-methyl/N-ethyl adjacent to an activating group) is 1. The van der Waals surface area contributed by atoms with Crippen molar-refractivity contribution in [1.29, 1.82) is 0 Å². The van der Waals surface area contributed by atoms with Crippen LogP contribution in [0.2, 0.25) is 0 Å². The third-order valence-electron chi connectivity index (χ3n) is 1.33. The smallest absolute Gasteiger partial charge is 0.325 e. The third kappa shape index (κ3) is 3.66. The molecule has 0 aliphatic carbocycles. The maximum Gasteiger partial charge on any atom is 0.325 e. The van der Waals surface area contributed by atoms with Crippen molar-refractivity contribution in [2.45, 2.75) is 0 Å². The van der Waals surface area contributed by atoms with E-state index in [1.165, 1.54) is 0 Å². The molecule has 1 heterocycles. The van der Waals surface area contributed by atoms with Crippen molar-refractivity contribution in [2.75, 3.05) is 20.6 Å². The monoisotopic (exact) mass is 180 g/mol. The van der Waals surface area contributed by atoms with Crippen LogP contribution in [0.3, 0.4) is 0 Å². The Kier molecular flexibility index (Phi) is 3.40. The summed E-state index contributed by atoms with van der Waals surface area (Å²) in [5, 5.41) is 0. The van der Waals surface area contributed by atoms with Crippen LogP contribution in [0.5, 0.6) is 5.75 Å². The highest BCUT2D eigenvalue weighted by Gasteiger charge is 2.04. The number of nitrogens with zero attached hydrogens (tertiary/aromatic N) is 2. The van der Waals surface area contributed by atoms with E-state index >= 15 is 0 Å². The summed E-state index contributed by atoms with van der Waals surface area (Å²) in [5.41, 5.74) is 0. The zero-order valence-electron chi connectivity index (χ0n) is 7.73. The normalized spacial score (nSPS) is 10.1. The van der Waals surface area contributed by atoms with Gasteiger partial charge in [0.05, 0.1) is 6.54 Å². The quantitative estimate of drug-likeness (QED) is 0.637. The Bertz CT molecular complexity index is 272. The van der Waals surface area contributed by atoms with Gasteiger partial charge in [-0.05, 0) is 26.2 Å². The molecule has 0 saturated carbocycles. The van der Waals surface area contributed by atoms with Crippen molar-refractivity contribution in [3.63, 3.8) is 0 Å². The van der Waals surface area contributed by atoms with E-state index in [-0.39, 0.29) is 12.5 Å². The molecule has 0 atom stereocenters. The topological polar surface area (TPSA) is 42.4 Å². The maximum atomic E-state index is 11.1. The van der Waals surface area contributed by atoms with Gasteiger partial charge in [-0.3, -0.25) is 14.7 Å². The average molecular weight is 180 g/mol. The summed E-state index contributed by atoms with van der Waals surface area (Å²) in [6, 6.07) is 3.29. The summed E-state index contributed by atoms with van der Waals surface area (Å²) in [7, 11) is 3.63. The minimum atomic E-state index is -0.267. The summed E-state index contributed by atoms with van der Waals surface area (Å²) in [6.45, 7) is 0.280. The highest BCUT2D eigenvalue weighted by Crippen LogP contribution is 2.06. The van der Waals surface area contributed by atoms with Gasteiger partial charge in [0, 0.05) is 12.4 Å². The molecule has 1 aromatic rings. The molecule has 0 bridgehead atoms. The summed E-state index contributed by atoms with van der Waals surface area (Å²) in [6.07, 6.45) is 3.16. The predicted molar refractivity (Wildman–Crippen MR) is 48.4 cm³/mol. The molecule has 0 spiro atoms. The van der Waals surface area contributed by atoms with E-state index in [2.05, 4.69) is 4.98 Å². The zero-order valence-corrected chi connectivity index (χ0v) is 7.73. The molecule has 0 saturated heterocycles. The second kappa shape index (κ2) is 4.57. The van der Waals surface area contributed by atoms with Gasteiger partial charge in [0.25, 0.3) is 0 Å². The van der Waals surface area contributed by atoms with Crippen molar-refractivity contribution >= 4 is 5.97 Å². The number of hydrogen-bond donors (Lipinski definition) is 0. The van der Waals surface area contributed by atoms with Gasteiger partial charge in [-0.2, -0.15) is 0 Å². The Balaban J connectivity index is 2.46. The third-order valence-corrected chi connectivity index (χ3v) is 1.33. The fourth-order valence-electron chi connectivity index (χ4n) is 0.828. The number of esters is 1. The first kappa shape index (κ1) is 9.67. The molecule has 4 nitrogen and oxygen atoms in total. The summed E-state index contributed by atoms with van der Waals surface area (Å²) >= 11 is 0. The molecule has 0 N–H and O–H groups in total. The Morgan fingerprint density at radius 3 is 2.62 bits per heavy atom. The lowest BCUT2D eigenvalue weighted by molar-refractivity contribution is -0.135. The van der Waals surface area contributed by atoms with Crippen LogP contribution in [0.25, 0.3) is 0 Å². The van der Waals surface area contributed by atoms with Crippen LogP contribution < -0.4 is 4.74 Å². The first-order valence-electron chi connectivity index (χ1n) is 3.94. The Hall–Kier alpha value is -1.42.